The van der Waals surface area contributed by atoms with E-state index in [0.29, 0.717) is 6.42 Å². The average molecular weight is 518 g/mol. The van der Waals surface area contributed by atoms with Crippen LogP contribution in [-0.4, -0.2) is 52.7 Å². The van der Waals surface area contributed by atoms with Crippen LogP contribution in [0.4, 0.5) is 0 Å². The van der Waals surface area contributed by atoms with Gasteiger partial charge in [0.15, 0.2) is 6.29 Å². The number of ether oxygens (including phenoxy) is 1. The van der Waals surface area contributed by atoms with Crippen molar-refractivity contribution in [1.29, 1.82) is 0 Å². The van der Waals surface area contributed by atoms with Gasteiger partial charge in [-0.3, -0.25) is 9.59 Å². The maximum absolute atomic E-state index is 12.0. The fourth-order valence-corrected chi connectivity index (χ4v) is 2.88. The molecule has 0 saturated carbocycles. The smallest absolute Gasteiger partial charge is 0.309 e. The van der Waals surface area contributed by atoms with Gasteiger partial charge in [-0.1, -0.05) is 93.7 Å². The van der Waals surface area contributed by atoms with Gasteiger partial charge in [0.1, 0.15) is 6.10 Å². The Hall–Kier alpha value is -2.74. The summed E-state index contributed by atoms with van der Waals surface area (Å²) in [7, 11) is 0. The van der Waals surface area contributed by atoms with Crippen molar-refractivity contribution in [2.45, 2.75) is 84.5 Å². The molecule has 0 unspecified atom stereocenters. The van der Waals surface area contributed by atoms with Gasteiger partial charge in [0.25, 0.3) is 0 Å². The van der Waals surface area contributed by atoms with Crippen molar-refractivity contribution in [1.82, 2.24) is 5.32 Å². The van der Waals surface area contributed by atoms with Crippen molar-refractivity contribution in [2.24, 2.45) is 5.41 Å². The fourth-order valence-electron chi connectivity index (χ4n) is 2.88. The minimum atomic E-state index is -1.53. The number of allylic oxidation sites excluding steroid dienone is 11. The lowest BCUT2D eigenvalue weighted by atomic mass is 9.87. The topological polar surface area (TPSA) is 116 Å². The summed E-state index contributed by atoms with van der Waals surface area (Å²) in [6.45, 7) is 5.26. The van der Waals surface area contributed by atoms with Gasteiger partial charge in [0.05, 0.1) is 13.0 Å². The Labute approximate surface area is 223 Å². The number of hydrogen-bond acceptors (Lipinski definition) is 6. The Kier molecular flexibility index (Phi) is 20.8. The maximum atomic E-state index is 12.0. The van der Waals surface area contributed by atoms with E-state index in [1.165, 1.54) is 0 Å². The molecule has 0 radical (unpaired) electrons. The van der Waals surface area contributed by atoms with Gasteiger partial charge < -0.3 is 25.4 Å². The molecule has 0 aliphatic rings. The molecule has 7 nitrogen and oxygen atoms in total. The summed E-state index contributed by atoms with van der Waals surface area (Å²) in [6, 6.07) is 0. The molecule has 1 atom stereocenters. The molecule has 0 aliphatic heterocycles. The molecule has 0 bridgehead atoms. The van der Waals surface area contributed by atoms with E-state index in [2.05, 4.69) is 66.9 Å². The van der Waals surface area contributed by atoms with E-state index in [1.807, 2.05) is 12.2 Å². The van der Waals surface area contributed by atoms with Crippen LogP contribution in [0, 0.1) is 5.41 Å². The number of amides is 1. The minimum Gasteiger partial charge on any atom is -0.465 e. The molecule has 0 aromatic carbocycles. The first kappa shape index (κ1) is 34.3. The monoisotopic (exact) mass is 517 g/mol. The summed E-state index contributed by atoms with van der Waals surface area (Å²) in [6.07, 6.45) is 27.7. The molecule has 4 N–H and O–H groups in total. The van der Waals surface area contributed by atoms with Crippen molar-refractivity contribution in [3.63, 3.8) is 0 Å². The molecule has 208 valence electrons. The highest BCUT2D eigenvalue weighted by Gasteiger charge is 2.34. The zero-order chi connectivity index (χ0) is 27.8. The van der Waals surface area contributed by atoms with Gasteiger partial charge in [0.2, 0.25) is 5.91 Å². The lowest BCUT2D eigenvalue weighted by molar-refractivity contribution is -0.152. The van der Waals surface area contributed by atoms with Gasteiger partial charge in [0, 0.05) is 18.4 Å². The quantitative estimate of drug-likeness (QED) is 0.105. The van der Waals surface area contributed by atoms with Crippen LogP contribution in [0.3, 0.4) is 0 Å². The second-order valence-corrected chi connectivity index (χ2v) is 9.23. The van der Waals surface area contributed by atoms with Crippen LogP contribution >= 0.6 is 0 Å². The van der Waals surface area contributed by atoms with E-state index in [-0.39, 0.29) is 26.0 Å². The number of hydrogen-bond donors (Lipinski definition) is 4. The van der Waals surface area contributed by atoms with Crippen LogP contribution in [0.2, 0.25) is 0 Å². The van der Waals surface area contributed by atoms with Crippen LogP contribution in [0.25, 0.3) is 0 Å². The van der Waals surface area contributed by atoms with E-state index >= 15 is 0 Å². The molecule has 0 fully saturated rings. The molecule has 37 heavy (non-hydrogen) atoms. The first-order valence-electron chi connectivity index (χ1n) is 13.1. The molecule has 0 spiro atoms. The molecule has 0 saturated heterocycles. The Morgan fingerprint density at radius 3 is 1.62 bits per heavy atom. The zero-order valence-electron chi connectivity index (χ0n) is 22.7. The summed E-state index contributed by atoms with van der Waals surface area (Å²) in [5.74, 6) is -1.09. The normalized spacial score (nSPS) is 13.9. The van der Waals surface area contributed by atoms with Crippen LogP contribution in [0.5, 0.6) is 0 Å². The molecule has 0 aliphatic carbocycles. The van der Waals surface area contributed by atoms with Crippen LogP contribution in [-0.2, 0) is 14.3 Å². The van der Waals surface area contributed by atoms with Crippen molar-refractivity contribution in [3.05, 3.63) is 72.9 Å². The third-order valence-electron chi connectivity index (χ3n) is 5.18. The summed E-state index contributed by atoms with van der Waals surface area (Å²) in [5.41, 5.74) is -0.990. The zero-order valence-corrected chi connectivity index (χ0v) is 22.7. The summed E-state index contributed by atoms with van der Waals surface area (Å²) >= 11 is 0. The van der Waals surface area contributed by atoms with E-state index < -0.39 is 29.7 Å². The Morgan fingerprint density at radius 2 is 1.19 bits per heavy atom. The Bertz CT molecular complexity index is 790. The second-order valence-electron chi connectivity index (χ2n) is 9.23. The van der Waals surface area contributed by atoms with Crippen molar-refractivity contribution in [3.8, 4) is 0 Å². The molecule has 1 amide bonds. The van der Waals surface area contributed by atoms with Crippen molar-refractivity contribution in [2.75, 3.05) is 13.2 Å². The molecule has 0 aromatic rings. The Morgan fingerprint density at radius 1 is 0.757 bits per heavy atom. The third-order valence-corrected chi connectivity index (χ3v) is 5.18. The van der Waals surface area contributed by atoms with Crippen LogP contribution in [0.1, 0.15) is 72.1 Å². The van der Waals surface area contributed by atoms with Gasteiger partial charge >= 0.3 is 5.97 Å². The highest BCUT2D eigenvalue weighted by atomic mass is 16.5. The molecular formula is C30H47NO6. The SMILES string of the molecule is CC/C=C\C/C=C\C/C=C\C/C=C\C/C=C\C/C=C\CC(=O)OCC(C)(C)[C@@H](O)C(=O)NCCC(O)O. The number of aliphatic hydroxyl groups is 3. The highest BCUT2D eigenvalue weighted by molar-refractivity contribution is 5.81. The second kappa shape index (κ2) is 22.5. The van der Waals surface area contributed by atoms with Crippen molar-refractivity contribution >= 4 is 11.9 Å². The molecule has 7 heteroatoms. The van der Waals surface area contributed by atoms with Gasteiger partial charge in [-0.25, -0.2) is 0 Å². The standard InChI is InChI=1S/C30H47NO6/c1-4-5-6-7-8-9-10-11-12-13-14-15-16-17-18-19-20-21-22-27(34)37-25-30(2,3)28(35)29(36)31-24-23-26(32)33/h5-6,8-9,11-12,14-15,17-18,20-21,26,28,32-33,35H,4,7,10,13,16,19,22-25H2,1-3H3,(H,31,36)/b6-5-,9-8-,12-11-,15-14-,18-17-,21-20-/t28-/m0/s1. The fraction of sp³-hybridized carbons (Fsp3) is 0.533. The molecule has 0 heterocycles. The number of aliphatic hydroxyl groups excluding tert-OH is 2. The molecular weight excluding hydrogens is 470 g/mol. The van der Waals surface area contributed by atoms with E-state index in [1.54, 1.807) is 19.9 Å². The lowest BCUT2D eigenvalue weighted by Crippen LogP contribution is -2.46. The predicted octanol–water partition coefficient (Wildman–Crippen LogP) is 4.82. The van der Waals surface area contributed by atoms with E-state index in [0.717, 1.165) is 32.1 Å². The van der Waals surface area contributed by atoms with E-state index in [4.69, 9.17) is 14.9 Å². The predicted molar refractivity (Wildman–Crippen MR) is 149 cm³/mol. The summed E-state index contributed by atoms with van der Waals surface area (Å²) < 4.78 is 5.20. The first-order chi connectivity index (χ1) is 17.7. The number of esters is 1. The molecule has 0 aromatic heterocycles. The van der Waals surface area contributed by atoms with E-state index in [9.17, 15) is 14.7 Å². The van der Waals surface area contributed by atoms with Crippen LogP contribution < -0.4 is 5.32 Å². The number of rotatable bonds is 20. The minimum absolute atomic E-state index is 0.0200. The maximum Gasteiger partial charge on any atom is 0.309 e. The third kappa shape index (κ3) is 21.1. The van der Waals surface area contributed by atoms with Gasteiger partial charge in [-0.05, 0) is 38.5 Å². The highest BCUT2D eigenvalue weighted by Crippen LogP contribution is 2.21. The van der Waals surface area contributed by atoms with Gasteiger partial charge in [-0.15, -0.1) is 0 Å². The van der Waals surface area contributed by atoms with Crippen LogP contribution in [0.15, 0.2) is 72.9 Å². The van der Waals surface area contributed by atoms with Crippen molar-refractivity contribution < 1.29 is 29.6 Å². The summed E-state index contributed by atoms with van der Waals surface area (Å²) in [5, 5.41) is 30.2. The molecule has 0 rings (SSSR count). The number of carbonyl (C=O) groups is 2. The number of nitrogens with one attached hydrogen (secondary N) is 1. The number of carbonyl (C=O) groups excluding carboxylic acids is 2. The summed E-state index contributed by atoms with van der Waals surface area (Å²) in [4.78, 5) is 23.9. The largest absolute Gasteiger partial charge is 0.465 e. The van der Waals surface area contributed by atoms with Gasteiger partial charge in [-0.2, -0.15) is 0 Å². The lowest BCUT2D eigenvalue weighted by Gasteiger charge is -2.29. The first-order valence-corrected chi connectivity index (χ1v) is 13.1. The Balaban J connectivity index is 3.98. The average Bonchev–Trinajstić information content (AvgIpc) is 2.86.